The fraction of sp³-hybridized carbons (Fsp3) is 0.588. The van der Waals surface area contributed by atoms with E-state index in [1.165, 1.54) is 0 Å². The van der Waals surface area contributed by atoms with Gasteiger partial charge in [0.2, 0.25) is 0 Å². The van der Waals surface area contributed by atoms with Crippen LogP contribution in [0.5, 0.6) is 0 Å². The predicted molar refractivity (Wildman–Crippen MR) is 80.9 cm³/mol. The Labute approximate surface area is 121 Å². The Balaban J connectivity index is 2.16. The summed E-state index contributed by atoms with van der Waals surface area (Å²) in [5.41, 5.74) is 1.10. The van der Waals surface area contributed by atoms with Crippen molar-refractivity contribution in [3.63, 3.8) is 0 Å². The Morgan fingerprint density at radius 1 is 1.30 bits per heavy atom. The number of hydrogen-bond donors (Lipinski definition) is 1. The number of carbonyl (C=O) groups is 1. The van der Waals surface area contributed by atoms with Crippen LogP contribution in [0.2, 0.25) is 0 Å². The molecule has 1 heterocycles. The molecular weight excluding hydrogens is 250 g/mol. The van der Waals surface area contributed by atoms with Gasteiger partial charge in [-0.3, -0.25) is 4.79 Å². The molecule has 0 aliphatic carbocycles. The summed E-state index contributed by atoms with van der Waals surface area (Å²) in [6.07, 6.45) is 1.70. The minimum atomic E-state index is -0.666. The van der Waals surface area contributed by atoms with Gasteiger partial charge in [0.25, 0.3) is 5.91 Å². The molecule has 1 saturated heterocycles. The lowest BCUT2D eigenvalue weighted by molar-refractivity contribution is -0.0860. The number of aliphatic hydroxyl groups is 1. The molecule has 1 amide bonds. The number of rotatable bonds is 3. The van der Waals surface area contributed by atoms with Gasteiger partial charge >= 0.3 is 0 Å². The third kappa shape index (κ3) is 2.88. The Bertz CT molecular complexity index is 496. The van der Waals surface area contributed by atoms with Crippen LogP contribution in [0, 0.1) is 0 Å². The SMILES string of the molecule is CCCC1(O)CN(C(=O)c2ccccc2C(C)(C)C)C1. The monoisotopic (exact) mass is 275 g/mol. The first-order valence-electron chi connectivity index (χ1n) is 7.38. The highest BCUT2D eigenvalue weighted by Crippen LogP contribution is 2.31. The number of nitrogens with zero attached hydrogens (tertiary/aromatic N) is 1. The molecule has 3 nitrogen and oxygen atoms in total. The number of benzene rings is 1. The van der Waals surface area contributed by atoms with E-state index in [0.717, 1.165) is 24.0 Å². The summed E-state index contributed by atoms with van der Waals surface area (Å²) in [6, 6.07) is 7.78. The Kier molecular flexibility index (Phi) is 3.92. The van der Waals surface area contributed by atoms with Crippen LogP contribution in [0.4, 0.5) is 0 Å². The van der Waals surface area contributed by atoms with Gasteiger partial charge in [0.1, 0.15) is 0 Å². The first-order valence-corrected chi connectivity index (χ1v) is 7.38. The Morgan fingerprint density at radius 3 is 2.45 bits per heavy atom. The highest BCUT2D eigenvalue weighted by molar-refractivity contribution is 5.96. The van der Waals surface area contributed by atoms with E-state index in [1.807, 2.05) is 24.3 Å². The second-order valence-corrected chi connectivity index (χ2v) is 6.93. The minimum Gasteiger partial charge on any atom is -0.386 e. The fourth-order valence-corrected chi connectivity index (χ4v) is 2.93. The van der Waals surface area contributed by atoms with E-state index in [4.69, 9.17) is 0 Å². The lowest BCUT2D eigenvalue weighted by Crippen LogP contribution is -2.63. The molecule has 1 fully saturated rings. The minimum absolute atomic E-state index is 0.0382. The fourth-order valence-electron chi connectivity index (χ4n) is 2.93. The predicted octanol–water partition coefficient (Wildman–Crippen LogP) is 2.97. The lowest BCUT2D eigenvalue weighted by Gasteiger charge is -2.47. The Hall–Kier alpha value is -1.35. The first kappa shape index (κ1) is 15.0. The smallest absolute Gasteiger partial charge is 0.254 e. The maximum atomic E-state index is 12.6. The average Bonchev–Trinajstić information content (AvgIpc) is 2.34. The molecule has 3 heteroatoms. The summed E-state index contributed by atoms with van der Waals surface area (Å²) in [7, 11) is 0. The molecule has 1 aromatic rings. The molecule has 20 heavy (non-hydrogen) atoms. The van der Waals surface area contributed by atoms with Gasteiger partial charge in [-0.25, -0.2) is 0 Å². The highest BCUT2D eigenvalue weighted by atomic mass is 16.3. The molecule has 0 saturated carbocycles. The molecule has 0 aromatic heterocycles. The molecule has 0 bridgehead atoms. The first-order chi connectivity index (χ1) is 9.27. The van der Waals surface area contributed by atoms with Crippen LogP contribution in [-0.2, 0) is 5.41 Å². The maximum absolute atomic E-state index is 12.6. The molecule has 2 rings (SSSR count). The zero-order valence-electron chi connectivity index (χ0n) is 12.9. The molecule has 1 aliphatic rings. The van der Waals surface area contributed by atoms with Gasteiger partial charge in [0.15, 0.2) is 0 Å². The molecular formula is C17H25NO2. The van der Waals surface area contributed by atoms with Gasteiger partial charge in [-0.2, -0.15) is 0 Å². The van der Waals surface area contributed by atoms with Crippen LogP contribution in [0.25, 0.3) is 0 Å². The average molecular weight is 275 g/mol. The van der Waals surface area contributed by atoms with Crippen molar-refractivity contribution in [1.29, 1.82) is 0 Å². The molecule has 0 atom stereocenters. The maximum Gasteiger partial charge on any atom is 0.254 e. The topological polar surface area (TPSA) is 40.5 Å². The van der Waals surface area contributed by atoms with Gasteiger partial charge < -0.3 is 10.0 Å². The summed E-state index contributed by atoms with van der Waals surface area (Å²) in [4.78, 5) is 14.4. The van der Waals surface area contributed by atoms with Crippen LogP contribution in [0.3, 0.4) is 0 Å². The zero-order valence-corrected chi connectivity index (χ0v) is 12.9. The number of amides is 1. The number of β-amino-alcohol motifs (C(OH)–C–C–N with tert-alkyl or cyclic N) is 1. The summed E-state index contributed by atoms with van der Waals surface area (Å²) >= 11 is 0. The largest absolute Gasteiger partial charge is 0.386 e. The quantitative estimate of drug-likeness (QED) is 0.921. The van der Waals surface area contributed by atoms with E-state index in [9.17, 15) is 9.90 Å². The second-order valence-electron chi connectivity index (χ2n) is 6.93. The molecule has 0 unspecified atom stereocenters. The van der Waals surface area contributed by atoms with E-state index in [2.05, 4.69) is 27.7 Å². The number of likely N-dealkylation sites (tertiary alicyclic amines) is 1. The van der Waals surface area contributed by atoms with Crippen molar-refractivity contribution in [1.82, 2.24) is 4.90 Å². The van der Waals surface area contributed by atoms with Crippen molar-refractivity contribution in [2.45, 2.75) is 51.6 Å². The van der Waals surface area contributed by atoms with Crippen molar-refractivity contribution >= 4 is 5.91 Å². The normalized spacial score (nSPS) is 17.8. The molecule has 1 aliphatic heterocycles. The summed E-state index contributed by atoms with van der Waals surface area (Å²) in [5, 5.41) is 10.2. The second kappa shape index (κ2) is 5.21. The van der Waals surface area contributed by atoms with Crippen molar-refractivity contribution in [2.24, 2.45) is 0 Å². The highest BCUT2D eigenvalue weighted by Gasteiger charge is 2.43. The van der Waals surface area contributed by atoms with Crippen LogP contribution in [0.1, 0.15) is 56.5 Å². The van der Waals surface area contributed by atoms with Crippen molar-refractivity contribution in [3.05, 3.63) is 35.4 Å². The molecule has 0 spiro atoms. The molecule has 110 valence electrons. The van der Waals surface area contributed by atoms with Crippen molar-refractivity contribution in [3.8, 4) is 0 Å². The summed E-state index contributed by atoms with van der Waals surface area (Å²) in [5.74, 6) is 0.0382. The van der Waals surface area contributed by atoms with Crippen LogP contribution >= 0.6 is 0 Å². The van der Waals surface area contributed by atoms with Gasteiger partial charge in [0.05, 0.1) is 18.7 Å². The van der Waals surface area contributed by atoms with E-state index >= 15 is 0 Å². The van der Waals surface area contributed by atoms with E-state index in [0.29, 0.717) is 13.1 Å². The van der Waals surface area contributed by atoms with Gasteiger partial charge in [-0.15, -0.1) is 0 Å². The van der Waals surface area contributed by atoms with Crippen LogP contribution < -0.4 is 0 Å². The van der Waals surface area contributed by atoms with Crippen molar-refractivity contribution in [2.75, 3.05) is 13.1 Å². The van der Waals surface area contributed by atoms with Gasteiger partial charge in [-0.1, -0.05) is 52.3 Å². The van der Waals surface area contributed by atoms with Gasteiger partial charge in [0, 0.05) is 5.56 Å². The molecule has 1 aromatic carbocycles. The number of hydrogen-bond acceptors (Lipinski definition) is 2. The van der Waals surface area contributed by atoms with Gasteiger partial charge in [-0.05, 0) is 23.5 Å². The van der Waals surface area contributed by atoms with E-state index in [1.54, 1.807) is 4.90 Å². The van der Waals surface area contributed by atoms with Crippen molar-refractivity contribution < 1.29 is 9.90 Å². The van der Waals surface area contributed by atoms with Crippen LogP contribution in [0.15, 0.2) is 24.3 Å². The molecule has 0 radical (unpaired) electrons. The number of carbonyl (C=O) groups excluding carboxylic acids is 1. The summed E-state index contributed by atoms with van der Waals surface area (Å²) < 4.78 is 0. The lowest BCUT2D eigenvalue weighted by atomic mass is 9.82. The third-order valence-corrected chi connectivity index (χ3v) is 3.94. The summed E-state index contributed by atoms with van der Waals surface area (Å²) in [6.45, 7) is 9.31. The molecule has 1 N–H and O–H groups in total. The van der Waals surface area contributed by atoms with E-state index in [-0.39, 0.29) is 11.3 Å². The Morgan fingerprint density at radius 2 is 1.90 bits per heavy atom. The van der Waals surface area contributed by atoms with E-state index < -0.39 is 5.60 Å². The zero-order chi connectivity index (χ0) is 15.0. The third-order valence-electron chi connectivity index (χ3n) is 3.94. The standard InChI is InChI=1S/C17H25NO2/c1-5-10-17(20)11-18(12-17)15(19)13-8-6-7-9-14(13)16(2,3)4/h6-9,20H,5,10-12H2,1-4H3. The van der Waals surface area contributed by atoms with Crippen LogP contribution in [-0.4, -0.2) is 34.6 Å².